The Kier molecular flexibility index (Phi) is 4.58. The molecule has 0 radical (unpaired) electrons. The van der Waals surface area contributed by atoms with Crippen molar-refractivity contribution < 1.29 is 18.3 Å². The summed E-state index contributed by atoms with van der Waals surface area (Å²) in [5.74, 6) is -1.41. The van der Waals surface area contributed by atoms with Crippen molar-refractivity contribution in [2.24, 2.45) is 0 Å². The Labute approximate surface area is 137 Å². The van der Waals surface area contributed by atoms with Crippen LogP contribution in [0.2, 0.25) is 0 Å². The monoisotopic (exact) mass is 382 g/mol. The van der Waals surface area contributed by atoms with E-state index in [0.29, 0.717) is 16.8 Å². The van der Waals surface area contributed by atoms with Gasteiger partial charge in [-0.2, -0.15) is 0 Å². The van der Waals surface area contributed by atoms with E-state index in [1.54, 1.807) is 38.1 Å². The maximum atomic E-state index is 12.5. The number of hydrogen-bond acceptors (Lipinski definition) is 4. The fraction of sp³-hybridized carbons (Fsp3) is 0.133. The first-order valence-corrected chi connectivity index (χ1v) is 8.59. The number of carboxylic acids is 1. The van der Waals surface area contributed by atoms with E-state index in [0.717, 1.165) is 10.5 Å². The maximum Gasteiger partial charge on any atom is 0.262 e. The van der Waals surface area contributed by atoms with Crippen LogP contribution in [0.5, 0.6) is 0 Å². The van der Waals surface area contributed by atoms with Crippen molar-refractivity contribution in [1.82, 2.24) is 0 Å². The predicted molar refractivity (Wildman–Crippen MR) is 85.2 cm³/mol. The molecule has 2 rings (SSSR count). The number of hydrogen-bond donors (Lipinski definition) is 1. The SMILES string of the molecule is Cc1cc(C(=O)[O-])cc(S(=O)(=O)Nc2ccc(Br)cc2)c1C. The number of carboxylic acid groups (broad SMARTS) is 1. The molecule has 0 atom stereocenters. The molecule has 0 aliphatic carbocycles. The molecule has 2 aromatic rings. The summed E-state index contributed by atoms with van der Waals surface area (Å²) in [7, 11) is -3.89. The Hall–Kier alpha value is -1.86. The molecule has 116 valence electrons. The van der Waals surface area contributed by atoms with E-state index >= 15 is 0 Å². The largest absolute Gasteiger partial charge is 0.545 e. The molecule has 0 saturated carbocycles. The number of sulfonamides is 1. The molecule has 0 amide bonds. The molecule has 0 unspecified atom stereocenters. The lowest BCUT2D eigenvalue weighted by atomic mass is 10.1. The number of benzene rings is 2. The summed E-state index contributed by atoms with van der Waals surface area (Å²) in [5.41, 5.74) is 1.28. The highest BCUT2D eigenvalue weighted by atomic mass is 79.9. The first-order chi connectivity index (χ1) is 10.2. The lowest BCUT2D eigenvalue weighted by molar-refractivity contribution is -0.255. The summed E-state index contributed by atoms with van der Waals surface area (Å²) in [6.45, 7) is 3.28. The molecule has 2 aromatic carbocycles. The highest BCUT2D eigenvalue weighted by Crippen LogP contribution is 2.24. The minimum atomic E-state index is -3.89. The standard InChI is InChI=1S/C15H14BrNO4S/c1-9-7-11(15(18)19)8-14(10(9)2)22(20,21)17-13-5-3-12(16)4-6-13/h3-8,17H,1-2H3,(H,18,19)/p-1. The van der Waals surface area contributed by atoms with Gasteiger partial charge in [-0.25, -0.2) is 8.42 Å². The van der Waals surface area contributed by atoms with Gasteiger partial charge in [0.05, 0.1) is 10.9 Å². The van der Waals surface area contributed by atoms with Crippen LogP contribution in [0.15, 0.2) is 45.8 Å². The molecule has 0 saturated heterocycles. The zero-order chi connectivity index (χ0) is 16.5. The average Bonchev–Trinajstić information content (AvgIpc) is 2.43. The van der Waals surface area contributed by atoms with Crippen LogP contribution in [0.3, 0.4) is 0 Å². The zero-order valence-corrected chi connectivity index (χ0v) is 14.3. The number of aromatic carboxylic acids is 1. The Morgan fingerprint density at radius 1 is 1.14 bits per heavy atom. The summed E-state index contributed by atoms with van der Waals surface area (Å²) in [6, 6.07) is 9.11. The van der Waals surface area contributed by atoms with Crippen LogP contribution in [-0.2, 0) is 10.0 Å². The lowest BCUT2D eigenvalue weighted by Gasteiger charge is -2.14. The topological polar surface area (TPSA) is 86.3 Å². The molecule has 0 aliphatic rings. The number of anilines is 1. The average molecular weight is 383 g/mol. The first kappa shape index (κ1) is 16.5. The Morgan fingerprint density at radius 3 is 2.27 bits per heavy atom. The van der Waals surface area contributed by atoms with E-state index in [-0.39, 0.29) is 10.5 Å². The molecular weight excluding hydrogens is 370 g/mol. The molecule has 0 fully saturated rings. The normalized spacial score (nSPS) is 11.2. The summed E-state index contributed by atoms with van der Waals surface area (Å²) in [6.07, 6.45) is 0. The lowest BCUT2D eigenvalue weighted by Crippen LogP contribution is -2.23. The van der Waals surface area contributed by atoms with Crippen LogP contribution < -0.4 is 9.83 Å². The van der Waals surface area contributed by atoms with Gasteiger partial charge in [-0.15, -0.1) is 0 Å². The van der Waals surface area contributed by atoms with E-state index in [4.69, 9.17) is 0 Å². The van der Waals surface area contributed by atoms with Gasteiger partial charge >= 0.3 is 0 Å². The van der Waals surface area contributed by atoms with Crippen molar-refractivity contribution >= 4 is 37.6 Å². The van der Waals surface area contributed by atoms with Crippen LogP contribution in [0.25, 0.3) is 0 Å². The van der Waals surface area contributed by atoms with E-state index in [2.05, 4.69) is 20.7 Å². The molecule has 5 nitrogen and oxygen atoms in total. The van der Waals surface area contributed by atoms with Crippen molar-refractivity contribution in [3.05, 3.63) is 57.6 Å². The summed E-state index contributed by atoms with van der Waals surface area (Å²) in [4.78, 5) is 10.9. The molecule has 0 heterocycles. The van der Waals surface area contributed by atoms with E-state index in [9.17, 15) is 18.3 Å². The molecule has 22 heavy (non-hydrogen) atoms. The van der Waals surface area contributed by atoms with Crippen molar-refractivity contribution in [3.63, 3.8) is 0 Å². The third-order valence-electron chi connectivity index (χ3n) is 3.24. The number of carbonyl (C=O) groups excluding carboxylic acids is 1. The van der Waals surface area contributed by atoms with Crippen molar-refractivity contribution in [1.29, 1.82) is 0 Å². The molecule has 0 spiro atoms. The third-order valence-corrected chi connectivity index (χ3v) is 5.28. The highest BCUT2D eigenvalue weighted by Gasteiger charge is 2.19. The van der Waals surface area contributed by atoms with Gasteiger partial charge in [-0.05, 0) is 66.9 Å². The second kappa shape index (κ2) is 6.10. The van der Waals surface area contributed by atoms with Crippen LogP contribution in [0, 0.1) is 13.8 Å². The van der Waals surface area contributed by atoms with Gasteiger partial charge in [-0.1, -0.05) is 15.9 Å². The molecule has 0 bridgehead atoms. The van der Waals surface area contributed by atoms with E-state index in [1.165, 1.54) is 6.07 Å². The van der Waals surface area contributed by atoms with Crippen LogP contribution in [0.1, 0.15) is 21.5 Å². The van der Waals surface area contributed by atoms with Crippen molar-refractivity contribution in [2.45, 2.75) is 18.7 Å². The summed E-state index contributed by atoms with van der Waals surface area (Å²) in [5, 5.41) is 11.0. The smallest absolute Gasteiger partial charge is 0.262 e. The number of aryl methyl sites for hydroxylation is 1. The van der Waals surface area contributed by atoms with Gasteiger partial charge in [0.1, 0.15) is 0 Å². The predicted octanol–water partition coefficient (Wildman–Crippen LogP) is 2.23. The molecule has 1 N–H and O–H groups in total. The number of nitrogens with one attached hydrogen (secondary N) is 1. The van der Waals surface area contributed by atoms with Gasteiger partial charge in [0.25, 0.3) is 10.0 Å². The zero-order valence-electron chi connectivity index (χ0n) is 11.9. The second-order valence-corrected chi connectivity index (χ2v) is 7.38. The van der Waals surface area contributed by atoms with E-state index < -0.39 is 16.0 Å². The number of carbonyl (C=O) groups is 1. The summed E-state index contributed by atoms with van der Waals surface area (Å²) < 4.78 is 28.3. The Morgan fingerprint density at radius 2 is 1.73 bits per heavy atom. The van der Waals surface area contributed by atoms with Gasteiger partial charge in [0, 0.05) is 10.2 Å². The van der Waals surface area contributed by atoms with Gasteiger partial charge < -0.3 is 9.90 Å². The van der Waals surface area contributed by atoms with E-state index in [1.807, 2.05) is 0 Å². The Balaban J connectivity index is 2.49. The van der Waals surface area contributed by atoms with Crippen LogP contribution >= 0.6 is 15.9 Å². The van der Waals surface area contributed by atoms with Gasteiger partial charge in [-0.3, -0.25) is 4.72 Å². The molecule has 0 aliphatic heterocycles. The molecule has 0 aromatic heterocycles. The van der Waals surface area contributed by atoms with Crippen LogP contribution in [0.4, 0.5) is 5.69 Å². The highest BCUT2D eigenvalue weighted by molar-refractivity contribution is 9.10. The first-order valence-electron chi connectivity index (χ1n) is 6.31. The van der Waals surface area contributed by atoms with Gasteiger partial charge in [0.15, 0.2) is 0 Å². The molecular formula is C15H13BrNO4S-. The minimum Gasteiger partial charge on any atom is -0.545 e. The summed E-state index contributed by atoms with van der Waals surface area (Å²) >= 11 is 3.27. The quantitative estimate of drug-likeness (QED) is 0.877. The van der Waals surface area contributed by atoms with Crippen LogP contribution in [-0.4, -0.2) is 14.4 Å². The maximum absolute atomic E-state index is 12.5. The number of rotatable bonds is 4. The van der Waals surface area contributed by atoms with Crippen molar-refractivity contribution in [2.75, 3.05) is 4.72 Å². The Bertz CT molecular complexity index is 829. The fourth-order valence-corrected chi connectivity index (χ4v) is 3.62. The van der Waals surface area contributed by atoms with Crippen molar-refractivity contribution in [3.8, 4) is 0 Å². The fourth-order valence-electron chi connectivity index (χ4n) is 1.95. The number of halogens is 1. The molecule has 7 heteroatoms. The second-order valence-electron chi connectivity index (χ2n) is 4.82. The van der Waals surface area contributed by atoms with Gasteiger partial charge in [0.2, 0.25) is 0 Å². The minimum absolute atomic E-state index is 0.0744. The third kappa shape index (κ3) is 3.48.